The van der Waals surface area contributed by atoms with E-state index in [2.05, 4.69) is 238 Å². The van der Waals surface area contributed by atoms with E-state index < -0.39 is 6.85 Å². The number of hydrogen-bond acceptors (Lipinski definition) is 8. The van der Waals surface area contributed by atoms with Crippen LogP contribution in [-0.2, 0) is 110 Å². The van der Waals surface area contributed by atoms with Crippen molar-refractivity contribution in [2.24, 2.45) is 0 Å². The van der Waals surface area contributed by atoms with E-state index in [9.17, 15) is 0 Å². The molecule has 3 radical (unpaired) electrons. The van der Waals surface area contributed by atoms with E-state index in [-0.39, 0.29) is 71.1 Å². The van der Waals surface area contributed by atoms with Crippen LogP contribution in [0.5, 0.6) is 0 Å². The van der Waals surface area contributed by atoms with Crippen molar-refractivity contribution >= 4 is 22.1 Å². The normalized spacial score (nSPS) is 13.8. The Bertz CT molecular complexity index is 6340. The zero-order valence-electron chi connectivity index (χ0n) is 71.6. The number of hydrogen-bond donors (Lipinski definition) is 0. The van der Waals surface area contributed by atoms with Gasteiger partial charge in [-0.3, -0.25) is 0 Å². The van der Waals surface area contributed by atoms with Gasteiger partial charge in [0.15, 0.2) is 0 Å². The summed E-state index contributed by atoms with van der Waals surface area (Å²) >= 11 is 0. The van der Waals surface area contributed by atoms with Crippen LogP contribution in [0, 0.1) is 91.7 Å². The standard InChI is InChI=1S/C21H18N.C20H16N.C18H13N2O.C18H20N.2C15H14N.3Ir/c1-13-7-8-17-16(9-13)11-20-18(17)5-4-6-19(20)21-10-14(2)15(3)12-22-21;1-13-6-7-16-15(10-13)12-19-17(16)4-3-5-18(19)20-11-14(2)8-9-21-20;1-11-8-9-19-16(10-11)15-5-3-4-13-14-7-6-12(2)20-18(14)21-17(13)15;1-12-10-15-16(19-11-12)13-8-6-7-9-14(13)17(2,3)18(15,4)5;2*1-2-6-12(7-3-1)15-10-13-8-4-5-9-14(13)11-16-15;;;/h4-5,7-10,12H,11H2,1-3H3;3-4,6-11H,12H2,1-2H3;3-4,6-10H,1-2H3;6-7,9-11H,1-5H3;2*1-3,6,10-11H,4-5,8-9H2;;;/q6*-1;;;/i;;;1D3;;;;;. The van der Waals surface area contributed by atoms with E-state index in [1.165, 1.54) is 158 Å². The van der Waals surface area contributed by atoms with E-state index in [0.29, 0.717) is 11.3 Å². The fourth-order valence-electron chi connectivity index (χ4n) is 16.6. The van der Waals surface area contributed by atoms with E-state index >= 15 is 0 Å². The molecule has 8 nitrogen and oxygen atoms in total. The molecule has 5 aliphatic rings. The van der Waals surface area contributed by atoms with Crippen LogP contribution in [0.15, 0.2) is 242 Å². The number of rotatable bonds is 5. The van der Waals surface area contributed by atoms with Gasteiger partial charge in [-0.2, -0.15) is 0 Å². The summed E-state index contributed by atoms with van der Waals surface area (Å²) in [6.45, 7) is 21.2. The van der Waals surface area contributed by atoms with Gasteiger partial charge in [-0.15, -0.1) is 184 Å². The predicted octanol–water partition coefficient (Wildman–Crippen LogP) is 25.5. The Morgan fingerprint density at radius 2 is 0.856 bits per heavy atom. The van der Waals surface area contributed by atoms with Crippen molar-refractivity contribution in [2.45, 2.75) is 158 Å². The first-order valence-corrected chi connectivity index (χ1v) is 40.2. The number of nitrogens with zero attached hydrogens (tertiary/aromatic N) is 7. The summed E-state index contributed by atoms with van der Waals surface area (Å²) in [7, 11) is 0. The van der Waals surface area contributed by atoms with E-state index in [1.807, 2.05) is 135 Å². The van der Waals surface area contributed by atoms with Crippen molar-refractivity contribution in [3.8, 4) is 89.8 Å². The molecule has 11 heteroatoms. The molecule has 118 heavy (non-hydrogen) atoms. The van der Waals surface area contributed by atoms with Crippen LogP contribution in [0.2, 0.25) is 0 Å². The maximum absolute atomic E-state index is 7.65. The SMILES string of the molecule is Cc1ccc2c(c1)Cc1c(-c3cc(C)c(C)cn3)[c-]ccc1-2.Cc1ccnc(-c2[c-]ccc3c2Cc2cc(C)ccc2-3)c1.Cc1ccnc(-c2[c-]ccc3c2oc2nc(C)ccc23)c1.[2H]C([2H])([2H])c1cnc2c(c1)C(C)(C)C(C)(C)c1ccc[c-]c1-2.[Ir].[Ir].[Ir].[c-]1ccccc1-c1cc2c(cn1)CCCC2.[c-]1ccccc1-c1cc2c(cn1)CCCC2. The summed E-state index contributed by atoms with van der Waals surface area (Å²) in [4.78, 5) is 31.6. The second kappa shape index (κ2) is 37.2. The number of aryl methyl sites for hydroxylation is 12. The molecule has 8 heterocycles. The van der Waals surface area contributed by atoms with Gasteiger partial charge in [-0.05, 0) is 233 Å². The maximum Gasteiger partial charge on any atom is 0.216 e. The van der Waals surface area contributed by atoms with Crippen LogP contribution in [0.4, 0.5) is 0 Å². The Balaban J connectivity index is 0.000000125. The van der Waals surface area contributed by atoms with Crippen LogP contribution in [-0.4, -0.2) is 34.9 Å². The summed E-state index contributed by atoms with van der Waals surface area (Å²) in [5.41, 5.74) is 41.1. The minimum Gasteiger partial charge on any atom is -0.486 e. The van der Waals surface area contributed by atoms with Crippen LogP contribution in [0.25, 0.3) is 112 Å². The van der Waals surface area contributed by atoms with Crippen molar-refractivity contribution in [1.29, 1.82) is 0 Å². The zero-order chi connectivity index (χ0) is 82.0. The third kappa shape index (κ3) is 18.1. The third-order valence-corrected chi connectivity index (χ3v) is 23.8. The molecule has 0 N–H and O–H groups in total. The smallest absolute Gasteiger partial charge is 0.216 e. The first kappa shape index (κ1) is 81.3. The van der Waals surface area contributed by atoms with Gasteiger partial charge in [0.2, 0.25) is 5.71 Å². The van der Waals surface area contributed by atoms with Gasteiger partial charge < -0.3 is 34.3 Å². The Kier molecular flexibility index (Phi) is 25.7. The Labute approximate surface area is 741 Å². The molecule has 0 saturated heterocycles. The summed E-state index contributed by atoms with van der Waals surface area (Å²) in [6.07, 6.45) is 23.2. The molecule has 16 aromatic rings. The fourth-order valence-corrected chi connectivity index (χ4v) is 16.6. The second-order valence-corrected chi connectivity index (χ2v) is 32.2. The molecule has 0 bridgehead atoms. The molecule has 0 amide bonds. The number of pyridine rings is 7. The minimum absolute atomic E-state index is 0. The average Bonchev–Trinajstić information content (AvgIpc) is 1.53. The first-order valence-electron chi connectivity index (χ1n) is 41.7. The number of fused-ring (bicyclic) bond motifs is 14. The summed E-state index contributed by atoms with van der Waals surface area (Å²) in [5, 5.41) is 2.08. The van der Waals surface area contributed by atoms with Crippen molar-refractivity contribution in [3.63, 3.8) is 0 Å². The van der Waals surface area contributed by atoms with Gasteiger partial charge in [-0.25, -0.2) is 4.98 Å². The molecule has 21 rings (SSSR count). The topological polar surface area (TPSA) is 103 Å². The first-order chi connectivity index (χ1) is 57.0. The average molecular weight is 2070 g/mol. The Morgan fingerprint density at radius 3 is 1.40 bits per heavy atom. The van der Waals surface area contributed by atoms with Gasteiger partial charge in [0.25, 0.3) is 0 Å². The molecular weight excluding hydrogens is 1980 g/mol. The van der Waals surface area contributed by atoms with Crippen LogP contribution in [0.3, 0.4) is 0 Å². The van der Waals surface area contributed by atoms with Gasteiger partial charge in [-0.1, -0.05) is 167 Å². The Hall–Kier alpha value is -10.4. The Morgan fingerprint density at radius 1 is 0.356 bits per heavy atom. The number of benzene rings is 8. The van der Waals surface area contributed by atoms with Crippen molar-refractivity contribution in [2.75, 3.05) is 0 Å². The molecule has 5 aliphatic carbocycles. The molecule has 597 valence electrons. The molecular formula is C107H95Ir3N7O-6. The summed E-state index contributed by atoms with van der Waals surface area (Å²) < 4.78 is 28.9. The molecule has 8 aromatic carbocycles. The summed E-state index contributed by atoms with van der Waals surface area (Å²) in [5.74, 6) is 0. The monoisotopic (exact) mass is 2080 g/mol. The van der Waals surface area contributed by atoms with Gasteiger partial charge in [0.05, 0.1) is 5.58 Å². The van der Waals surface area contributed by atoms with Crippen molar-refractivity contribution < 1.29 is 68.8 Å². The van der Waals surface area contributed by atoms with E-state index in [0.717, 1.165) is 114 Å². The molecule has 0 spiro atoms. The molecule has 0 saturated carbocycles. The van der Waals surface area contributed by atoms with Gasteiger partial charge in [0, 0.05) is 113 Å². The maximum atomic E-state index is 7.65. The number of furan rings is 1. The quantitative estimate of drug-likeness (QED) is 0.157. The molecule has 0 fully saturated rings. The minimum atomic E-state index is -2.14. The van der Waals surface area contributed by atoms with E-state index in [4.69, 9.17) is 8.53 Å². The second-order valence-electron chi connectivity index (χ2n) is 32.2. The van der Waals surface area contributed by atoms with Crippen molar-refractivity contribution in [1.82, 2.24) is 34.9 Å². The number of aromatic nitrogens is 7. The van der Waals surface area contributed by atoms with Gasteiger partial charge >= 0.3 is 0 Å². The van der Waals surface area contributed by atoms with Crippen LogP contribution >= 0.6 is 0 Å². The van der Waals surface area contributed by atoms with E-state index in [1.54, 1.807) is 6.07 Å². The van der Waals surface area contributed by atoms with Crippen LogP contribution < -0.4 is 0 Å². The van der Waals surface area contributed by atoms with Crippen molar-refractivity contribution in [3.05, 3.63) is 374 Å². The summed E-state index contributed by atoms with van der Waals surface area (Å²) in [6, 6.07) is 88.4. The van der Waals surface area contributed by atoms with Crippen LogP contribution in [0.1, 0.15) is 158 Å². The zero-order valence-corrected chi connectivity index (χ0v) is 75.8. The van der Waals surface area contributed by atoms with Gasteiger partial charge in [0.1, 0.15) is 0 Å². The third-order valence-electron chi connectivity index (χ3n) is 23.8. The largest absolute Gasteiger partial charge is 0.486 e. The molecule has 0 aliphatic heterocycles. The molecule has 8 aromatic heterocycles. The molecule has 0 atom stereocenters. The predicted molar refractivity (Wildman–Crippen MR) is 470 cm³/mol. The fraction of sp³-hybridized carbons (Fsp3) is 0.224. The molecule has 0 unspecified atom stereocenters.